The van der Waals surface area contributed by atoms with Gasteiger partial charge in [-0.25, -0.2) is 17.2 Å². The number of carbonyl (C=O) groups is 1. The Bertz CT molecular complexity index is 1210. The number of benzene rings is 3. The number of rotatable bonds is 6. The molecule has 0 aliphatic carbocycles. The number of hydrogen-bond acceptors (Lipinski definition) is 4. The normalized spacial score (nSPS) is 14.2. The molecule has 3 aromatic rings. The van der Waals surface area contributed by atoms with Gasteiger partial charge < -0.3 is 9.80 Å². The molecule has 9 heteroatoms. The van der Waals surface area contributed by atoms with Gasteiger partial charge in [0.25, 0.3) is 10.0 Å². The summed E-state index contributed by atoms with van der Waals surface area (Å²) in [6, 6.07) is 19.3. The van der Waals surface area contributed by atoms with E-state index < -0.39 is 28.3 Å². The number of para-hydroxylation sites is 1. The van der Waals surface area contributed by atoms with Crippen LogP contribution >= 0.6 is 0 Å². The molecular weight excluding hydrogens is 448 g/mol. The highest BCUT2D eigenvalue weighted by atomic mass is 32.2. The SMILES string of the molecule is O=C(CN(c1ccccc1F)S(=O)(=O)c1ccccc1)N1CCN(c2ccc(F)cc2)CC1. The van der Waals surface area contributed by atoms with Gasteiger partial charge in [0.1, 0.15) is 18.2 Å². The molecule has 0 saturated carbocycles. The minimum atomic E-state index is -4.17. The first-order valence-corrected chi connectivity index (χ1v) is 11.9. The molecule has 1 aliphatic heterocycles. The Kier molecular flexibility index (Phi) is 6.60. The summed E-state index contributed by atoms with van der Waals surface area (Å²) in [5, 5.41) is 0. The summed E-state index contributed by atoms with van der Waals surface area (Å²) >= 11 is 0. The summed E-state index contributed by atoms with van der Waals surface area (Å²) in [6.07, 6.45) is 0. The molecule has 1 aliphatic rings. The first-order chi connectivity index (χ1) is 15.9. The Balaban J connectivity index is 1.53. The van der Waals surface area contributed by atoms with Crippen molar-refractivity contribution in [1.29, 1.82) is 0 Å². The van der Waals surface area contributed by atoms with Crippen LogP contribution in [0.5, 0.6) is 0 Å². The van der Waals surface area contributed by atoms with Crippen molar-refractivity contribution >= 4 is 27.3 Å². The molecule has 33 heavy (non-hydrogen) atoms. The van der Waals surface area contributed by atoms with Gasteiger partial charge in [-0.15, -0.1) is 0 Å². The van der Waals surface area contributed by atoms with Gasteiger partial charge in [0.15, 0.2) is 0 Å². The number of nitrogens with zero attached hydrogens (tertiary/aromatic N) is 3. The van der Waals surface area contributed by atoms with Crippen LogP contribution in [0.25, 0.3) is 0 Å². The van der Waals surface area contributed by atoms with Gasteiger partial charge in [0.2, 0.25) is 5.91 Å². The Hall–Kier alpha value is -3.46. The van der Waals surface area contributed by atoms with Crippen LogP contribution < -0.4 is 9.21 Å². The Morgan fingerprint density at radius 2 is 1.42 bits per heavy atom. The molecule has 0 atom stereocenters. The summed E-state index contributed by atoms with van der Waals surface area (Å²) in [7, 11) is -4.17. The molecule has 0 unspecified atom stereocenters. The summed E-state index contributed by atoms with van der Waals surface area (Å²) in [4.78, 5) is 16.7. The molecule has 1 saturated heterocycles. The van der Waals surface area contributed by atoms with Gasteiger partial charge in [-0.05, 0) is 48.5 Å². The zero-order valence-corrected chi connectivity index (χ0v) is 18.6. The Morgan fingerprint density at radius 3 is 2.06 bits per heavy atom. The number of halogens is 2. The van der Waals surface area contributed by atoms with Gasteiger partial charge >= 0.3 is 0 Å². The monoisotopic (exact) mass is 471 g/mol. The van der Waals surface area contributed by atoms with Gasteiger partial charge in [0.05, 0.1) is 10.6 Å². The van der Waals surface area contributed by atoms with E-state index in [2.05, 4.69) is 0 Å². The Morgan fingerprint density at radius 1 is 0.818 bits per heavy atom. The van der Waals surface area contributed by atoms with Gasteiger partial charge in [-0.3, -0.25) is 9.10 Å². The number of sulfonamides is 1. The first kappa shape index (κ1) is 22.7. The predicted molar refractivity (Wildman–Crippen MR) is 123 cm³/mol. The van der Waals surface area contributed by atoms with Crippen LogP contribution in [-0.2, 0) is 14.8 Å². The second-order valence-electron chi connectivity index (χ2n) is 7.62. The van der Waals surface area contributed by atoms with Crippen LogP contribution in [0.1, 0.15) is 0 Å². The zero-order valence-electron chi connectivity index (χ0n) is 17.8. The van der Waals surface area contributed by atoms with Gasteiger partial charge in [-0.1, -0.05) is 30.3 Å². The highest BCUT2D eigenvalue weighted by molar-refractivity contribution is 7.92. The number of hydrogen-bond donors (Lipinski definition) is 0. The quantitative estimate of drug-likeness (QED) is 0.552. The van der Waals surface area contributed by atoms with E-state index in [1.807, 2.05) is 4.90 Å². The number of amides is 1. The third-order valence-corrected chi connectivity index (χ3v) is 7.33. The Labute approximate surface area is 191 Å². The molecule has 4 rings (SSSR count). The molecule has 1 amide bonds. The van der Waals surface area contributed by atoms with Crippen molar-refractivity contribution in [3.05, 3.63) is 90.5 Å². The van der Waals surface area contributed by atoms with Crippen molar-refractivity contribution in [3.8, 4) is 0 Å². The van der Waals surface area contributed by atoms with Crippen molar-refractivity contribution in [2.45, 2.75) is 4.90 Å². The van der Waals surface area contributed by atoms with E-state index in [9.17, 15) is 22.0 Å². The fourth-order valence-corrected chi connectivity index (χ4v) is 5.21. The number of carbonyl (C=O) groups excluding carboxylic acids is 1. The number of piperazine rings is 1. The lowest BCUT2D eigenvalue weighted by Gasteiger charge is -2.37. The largest absolute Gasteiger partial charge is 0.368 e. The van der Waals surface area contributed by atoms with E-state index in [0.717, 1.165) is 16.1 Å². The van der Waals surface area contributed by atoms with E-state index in [4.69, 9.17) is 0 Å². The van der Waals surface area contributed by atoms with E-state index in [1.165, 1.54) is 42.5 Å². The lowest BCUT2D eigenvalue weighted by molar-refractivity contribution is -0.129. The molecule has 0 aromatic heterocycles. The fraction of sp³-hybridized carbons (Fsp3) is 0.208. The van der Waals surface area contributed by atoms with E-state index >= 15 is 0 Å². The van der Waals surface area contributed by atoms with E-state index in [0.29, 0.717) is 26.2 Å². The van der Waals surface area contributed by atoms with E-state index in [-0.39, 0.29) is 16.4 Å². The van der Waals surface area contributed by atoms with Crippen molar-refractivity contribution < 1.29 is 22.0 Å². The van der Waals surface area contributed by atoms with Gasteiger partial charge in [-0.2, -0.15) is 0 Å². The summed E-state index contributed by atoms with van der Waals surface area (Å²) in [6.45, 7) is 1.25. The molecule has 3 aromatic carbocycles. The van der Waals surface area contributed by atoms with Crippen LogP contribution in [0.15, 0.2) is 83.8 Å². The van der Waals surface area contributed by atoms with Crippen molar-refractivity contribution in [2.24, 2.45) is 0 Å². The average Bonchev–Trinajstić information content (AvgIpc) is 2.84. The van der Waals surface area contributed by atoms with Crippen molar-refractivity contribution in [2.75, 3.05) is 41.9 Å². The lowest BCUT2D eigenvalue weighted by atomic mass is 10.2. The first-order valence-electron chi connectivity index (χ1n) is 10.5. The predicted octanol–water partition coefficient (Wildman–Crippen LogP) is 3.51. The van der Waals surface area contributed by atoms with Crippen molar-refractivity contribution in [1.82, 2.24) is 4.90 Å². The van der Waals surface area contributed by atoms with Crippen LogP contribution in [0.3, 0.4) is 0 Å². The highest BCUT2D eigenvalue weighted by Gasteiger charge is 2.31. The third-order valence-electron chi connectivity index (χ3n) is 5.56. The van der Waals surface area contributed by atoms with Crippen LogP contribution in [0.4, 0.5) is 20.2 Å². The molecule has 0 spiro atoms. The lowest BCUT2D eigenvalue weighted by Crippen LogP contribution is -2.52. The molecule has 1 heterocycles. The van der Waals surface area contributed by atoms with Crippen LogP contribution in [-0.4, -0.2) is 51.9 Å². The molecule has 1 fully saturated rings. The fourth-order valence-electron chi connectivity index (χ4n) is 3.76. The molecule has 6 nitrogen and oxygen atoms in total. The second-order valence-corrected chi connectivity index (χ2v) is 9.48. The smallest absolute Gasteiger partial charge is 0.264 e. The molecular formula is C24H23F2N3O3S. The number of anilines is 2. The maximum atomic E-state index is 14.6. The topological polar surface area (TPSA) is 60.9 Å². The van der Waals surface area contributed by atoms with E-state index in [1.54, 1.807) is 35.2 Å². The zero-order chi connectivity index (χ0) is 23.4. The molecule has 0 bridgehead atoms. The van der Waals surface area contributed by atoms with Crippen molar-refractivity contribution in [3.63, 3.8) is 0 Å². The molecule has 0 radical (unpaired) electrons. The minimum absolute atomic E-state index is 0.0258. The third kappa shape index (κ3) is 4.98. The summed E-state index contributed by atoms with van der Waals surface area (Å²) in [5.41, 5.74) is 0.669. The maximum Gasteiger partial charge on any atom is 0.264 e. The molecule has 172 valence electrons. The maximum absolute atomic E-state index is 14.6. The standard InChI is InChI=1S/C24H23F2N3O3S/c25-19-10-12-20(13-11-19)27-14-16-28(17-15-27)24(30)18-29(23-9-5-4-8-22(23)26)33(31,32)21-6-2-1-3-7-21/h1-13H,14-18H2. The summed E-state index contributed by atoms with van der Waals surface area (Å²) < 4.78 is 55.2. The highest BCUT2D eigenvalue weighted by Crippen LogP contribution is 2.26. The molecule has 0 N–H and O–H groups in total. The van der Waals surface area contributed by atoms with Crippen LogP contribution in [0, 0.1) is 11.6 Å². The van der Waals surface area contributed by atoms with Gasteiger partial charge in [0, 0.05) is 31.9 Å². The average molecular weight is 472 g/mol. The van der Waals surface area contributed by atoms with Crippen LogP contribution in [0.2, 0.25) is 0 Å². The second kappa shape index (κ2) is 9.58. The minimum Gasteiger partial charge on any atom is -0.368 e. The summed E-state index contributed by atoms with van der Waals surface area (Å²) in [5.74, 6) is -1.47.